The highest BCUT2D eigenvalue weighted by atomic mass is 32.2. The minimum atomic E-state index is -3.33. The van der Waals surface area contributed by atoms with Crippen LogP contribution in [0.1, 0.15) is 35.7 Å². The van der Waals surface area contributed by atoms with Gasteiger partial charge in [-0.3, -0.25) is 14.5 Å². The van der Waals surface area contributed by atoms with Crippen LogP contribution in [0.4, 0.5) is 11.4 Å². The largest absolute Gasteiger partial charge is 0.322 e. The summed E-state index contributed by atoms with van der Waals surface area (Å²) in [5.41, 5.74) is 2.43. The third-order valence-electron chi connectivity index (χ3n) is 3.32. The monoisotopic (exact) mass is 347 g/mol. The second-order valence-corrected chi connectivity index (χ2v) is 7.40. The quantitative estimate of drug-likeness (QED) is 0.805. The number of carbonyl (C=O) groups is 1. The number of hydrogen-bond donors (Lipinski definition) is 2. The van der Waals surface area contributed by atoms with Gasteiger partial charge in [0.25, 0.3) is 5.91 Å². The van der Waals surface area contributed by atoms with Crippen molar-refractivity contribution in [1.82, 2.24) is 4.98 Å². The number of amides is 1. The van der Waals surface area contributed by atoms with Gasteiger partial charge in [0, 0.05) is 23.8 Å². The van der Waals surface area contributed by atoms with E-state index in [0.29, 0.717) is 23.4 Å². The van der Waals surface area contributed by atoms with Gasteiger partial charge in [0.15, 0.2) is 0 Å². The fourth-order valence-corrected chi connectivity index (χ4v) is 3.33. The van der Waals surface area contributed by atoms with Gasteiger partial charge >= 0.3 is 0 Å². The van der Waals surface area contributed by atoms with E-state index in [4.69, 9.17) is 0 Å². The fourth-order valence-electron chi connectivity index (χ4n) is 2.07. The van der Waals surface area contributed by atoms with Crippen LogP contribution in [-0.4, -0.2) is 25.1 Å². The summed E-state index contributed by atoms with van der Waals surface area (Å²) < 4.78 is 26.2. The molecule has 6 nitrogen and oxygen atoms in total. The number of rotatable bonds is 7. The van der Waals surface area contributed by atoms with Gasteiger partial charge in [-0.25, -0.2) is 8.42 Å². The Bertz CT molecular complexity index is 802. The summed E-state index contributed by atoms with van der Waals surface area (Å²) in [6, 6.07) is 8.29. The molecular weight excluding hydrogens is 326 g/mol. The van der Waals surface area contributed by atoms with E-state index >= 15 is 0 Å². The van der Waals surface area contributed by atoms with Crippen LogP contribution in [0.25, 0.3) is 0 Å². The SMILES string of the molecule is CCCCS(=O)(=O)Nc1ccc(NC(=O)c2cncc(C)c2)cc1. The highest BCUT2D eigenvalue weighted by molar-refractivity contribution is 7.92. The lowest BCUT2D eigenvalue weighted by Crippen LogP contribution is -2.16. The summed E-state index contributed by atoms with van der Waals surface area (Å²) in [7, 11) is -3.33. The molecule has 0 radical (unpaired) electrons. The molecule has 0 spiro atoms. The van der Waals surface area contributed by atoms with Crippen molar-refractivity contribution in [3.63, 3.8) is 0 Å². The number of pyridine rings is 1. The van der Waals surface area contributed by atoms with Crippen molar-refractivity contribution in [3.8, 4) is 0 Å². The normalized spacial score (nSPS) is 11.1. The van der Waals surface area contributed by atoms with Crippen LogP contribution in [0.2, 0.25) is 0 Å². The van der Waals surface area contributed by atoms with Gasteiger partial charge in [-0.05, 0) is 49.2 Å². The molecule has 2 aromatic rings. The Labute approximate surface area is 142 Å². The first-order valence-corrected chi connectivity index (χ1v) is 9.38. The van der Waals surface area contributed by atoms with Crippen LogP contribution < -0.4 is 10.0 Å². The molecule has 2 rings (SSSR count). The molecule has 0 aliphatic heterocycles. The summed E-state index contributed by atoms with van der Waals surface area (Å²) in [6.07, 6.45) is 4.61. The second kappa shape index (κ2) is 7.92. The topological polar surface area (TPSA) is 88.2 Å². The molecular formula is C17H21N3O3S. The molecule has 1 aromatic carbocycles. The predicted octanol–water partition coefficient (Wildman–Crippen LogP) is 3.18. The van der Waals surface area contributed by atoms with Crippen LogP contribution in [-0.2, 0) is 10.0 Å². The maximum atomic E-state index is 12.1. The zero-order valence-electron chi connectivity index (χ0n) is 13.7. The van der Waals surface area contributed by atoms with Crippen LogP contribution in [0.3, 0.4) is 0 Å². The fraction of sp³-hybridized carbons (Fsp3) is 0.294. The standard InChI is InChI=1S/C17H21N3O3S/c1-3-4-9-24(22,23)20-16-7-5-15(6-8-16)19-17(21)14-10-13(2)11-18-12-14/h5-8,10-12,20H,3-4,9H2,1-2H3,(H,19,21). The molecule has 0 unspecified atom stereocenters. The van der Waals surface area contributed by atoms with E-state index < -0.39 is 10.0 Å². The van der Waals surface area contributed by atoms with Crippen molar-refractivity contribution < 1.29 is 13.2 Å². The molecule has 0 bridgehead atoms. The summed E-state index contributed by atoms with van der Waals surface area (Å²) in [4.78, 5) is 16.1. The van der Waals surface area contributed by atoms with E-state index in [9.17, 15) is 13.2 Å². The number of aromatic nitrogens is 1. The number of carbonyl (C=O) groups excluding carboxylic acids is 1. The highest BCUT2D eigenvalue weighted by Gasteiger charge is 2.10. The molecule has 1 heterocycles. The van der Waals surface area contributed by atoms with Gasteiger partial charge in [0.1, 0.15) is 0 Å². The van der Waals surface area contributed by atoms with Gasteiger partial charge in [-0.1, -0.05) is 13.3 Å². The van der Waals surface area contributed by atoms with Gasteiger partial charge < -0.3 is 5.32 Å². The molecule has 0 fully saturated rings. The first-order chi connectivity index (χ1) is 11.4. The lowest BCUT2D eigenvalue weighted by molar-refractivity contribution is 0.102. The first-order valence-electron chi connectivity index (χ1n) is 7.73. The molecule has 0 saturated carbocycles. The molecule has 0 aliphatic rings. The summed E-state index contributed by atoms with van der Waals surface area (Å²) >= 11 is 0. The smallest absolute Gasteiger partial charge is 0.257 e. The zero-order valence-corrected chi connectivity index (χ0v) is 14.6. The number of nitrogens with zero attached hydrogens (tertiary/aromatic N) is 1. The van der Waals surface area contributed by atoms with Gasteiger partial charge in [0.05, 0.1) is 11.3 Å². The first kappa shape index (κ1) is 17.9. The Balaban J connectivity index is 2.00. The highest BCUT2D eigenvalue weighted by Crippen LogP contribution is 2.16. The Morgan fingerprint density at radius 3 is 2.42 bits per heavy atom. The number of anilines is 2. The van der Waals surface area contributed by atoms with E-state index in [1.54, 1.807) is 36.5 Å². The van der Waals surface area contributed by atoms with Crippen LogP contribution in [0.5, 0.6) is 0 Å². The van der Waals surface area contributed by atoms with E-state index in [1.807, 2.05) is 13.8 Å². The van der Waals surface area contributed by atoms with E-state index in [-0.39, 0.29) is 11.7 Å². The van der Waals surface area contributed by atoms with E-state index in [2.05, 4.69) is 15.0 Å². The molecule has 7 heteroatoms. The minimum Gasteiger partial charge on any atom is -0.322 e. The zero-order chi connectivity index (χ0) is 17.6. The third-order valence-corrected chi connectivity index (χ3v) is 4.69. The number of hydrogen-bond acceptors (Lipinski definition) is 4. The van der Waals surface area contributed by atoms with Crippen molar-refractivity contribution in [3.05, 3.63) is 53.9 Å². The van der Waals surface area contributed by atoms with Crippen molar-refractivity contribution in [1.29, 1.82) is 0 Å². The Hall–Kier alpha value is -2.41. The van der Waals surface area contributed by atoms with Gasteiger partial charge in [-0.15, -0.1) is 0 Å². The van der Waals surface area contributed by atoms with Crippen molar-refractivity contribution in [2.24, 2.45) is 0 Å². The summed E-state index contributed by atoms with van der Waals surface area (Å²) in [5.74, 6) is -0.162. The maximum Gasteiger partial charge on any atom is 0.257 e. The maximum absolute atomic E-state index is 12.1. The molecule has 0 saturated heterocycles. The summed E-state index contributed by atoms with van der Waals surface area (Å²) in [5, 5.41) is 2.75. The van der Waals surface area contributed by atoms with Crippen molar-refractivity contribution in [2.45, 2.75) is 26.7 Å². The lowest BCUT2D eigenvalue weighted by Gasteiger charge is -2.09. The van der Waals surface area contributed by atoms with Crippen molar-refractivity contribution in [2.75, 3.05) is 15.8 Å². The molecule has 0 aliphatic carbocycles. The Morgan fingerprint density at radius 1 is 1.12 bits per heavy atom. The van der Waals surface area contributed by atoms with Crippen LogP contribution in [0.15, 0.2) is 42.7 Å². The Morgan fingerprint density at radius 2 is 1.79 bits per heavy atom. The molecule has 1 aromatic heterocycles. The molecule has 24 heavy (non-hydrogen) atoms. The van der Waals surface area contributed by atoms with E-state index in [1.165, 1.54) is 6.20 Å². The molecule has 128 valence electrons. The average Bonchev–Trinajstić information content (AvgIpc) is 2.54. The van der Waals surface area contributed by atoms with E-state index in [0.717, 1.165) is 12.0 Å². The van der Waals surface area contributed by atoms with Gasteiger partial charge in [-0.2, -0.15) is 0 Å². The van der Waals surface area contributed by atoms with Crippen LogP contribution in [0, 0.1) is 6.92 Å². The molecule has 2 N–H and O–H groups in total. The van der Waals surface area contributed by atoms with Crippen molar-refractivity contribution >= 4 is 27.3 Å². The minimum absolute atomic E-state index is 0.0995. The Kier molecular flexibility index (Phi) is 5.92. The predicted molar refractivity (Wildman–Crippen MR) is 95.7 cm³/mol. The lowest BCUT2D eigenvalue weighted by atomic mass is 10.2. The number of aryl methyl sites for hydroxylation is 1. The number of unbranched alkanes of at least 4 members (excludes halogenated alkanes) is 1. The number of nitrogens with one attached hydrogen (secondary N) is 2. The number of sulfonamides is 1. The third kappa shape index (κ3) is 5.34. The second-order valence-electron chi connectivity index (χ2n) is 5.56. The molecule has 0 atom stereocenters. The average molecular weight is 347 g/mol. The number of benzene rings is 1. The van der Waals surface area contributed by atoms with Gasteiger partial charge in [0.2, 0.25) is 10.0 Å². The van der Waals surface area contributed by atoms with Crippen LogP contribution >= 0.6 is 0 Å². The molecule has 1 amide bonds. The summed E-state index contributed by atoms with van der Waals surface area (Å²) in [6.45, 7) is 3.81.